The molecule has 2 heteroatoms. The van der Waals surface area contributed by atoms with Crippen molar-refractivity contribution in [2.45, 2.75) is 19.3 Å². The summed E-state index contributed by atoms with van der Waals surface area (Å²) in [5, 5.41) is 2.21. The molecule has 18 heavy (non-hydrogen) atoms. The molecule has 0 bridgehead atoms. The molecule has 0 heterocycles. The number of carbonyl (C=O) groups is 2. The minimum absolute atomic E-state index is 0.0985. The number of benzene rings is 2. The monoisotopic (exact) mass is 238 g/mol. The third kappa shape index (κ3) is 1.94. The first-order valence-electron chi connectivity index (χ1n) is 6.29. The lowest BCUT2D eigenvalue weighted by atomic mass is 9.94. The van der Waals surface area contributed by atoms with Crippen LogP contribution in [0.25, 0.3) is 10.8 Å². The Bertz CT molecular complexity index is 628. The van der Waals surface area contributed by atoms with Gasteiger partial charge < -0.3 is 0 Å². The molecule has 1 fully saturated rings. The van der Waals surface area contributed by atoms with Crippen molar-refractivity contribution in [3.63, 3.8) is 0 Å². The summed E-state index contributed by atoms with van der Waals surface area (Å²) < 4.78 is 0. The van der Waals surface area contributed by atoms with Crippen LogP contribution in [0, 0.1) is 5.92 Å². The van der Waals surface area contributed by atoms with Gasteiger partial charge in [-0.3, -0.25) is 9.59 Å². The Morgan fingerprint density at radius 3 is 2.56 bits per heavy atom. The predicted molar refractivity (Wildman–Crippen MR) is 70.6 cm³/mol. The largest absolute Gasteiger partial charge is 0.300 e. The summed E-state index contributed by atoms with van der Waals surface area (Å²) in [6.45, 7) is 0. The first-order valence-corrected chi connectivity index (χ1v) is 6.29. The molecule has 0 radical (unpaired) electrons. The van der Waals surface area contributed by atoms with Crippen LogP contribution in [-0.4, -0.2) is 11.6 Å². The summed E-state index contributed by atoms with van der Waals surface area (Å²) in [6.07, 6.45) is 1.69. The van der Waals surface area contributed by atoms with E-state index in [1.54, 1.807) is 0 Å². The Morgan fingerprint density at radius 1 is 1.06 bits per heavy atom. The number of fused-ring (bicyclic) bond motifs is 1. The Morgan fingerprint density at radius 2 is 1.83 bits per heavy atom. The van der Waals surface area contributed by atoms with Crippen LogP contribution in [0.5, 0.6) is 0 Å². The van der Waals surface area contributed by atoms with Gasteiger partial charge in [-0.1, -0.05) is 36.4 Å². The lowest BCUT2D eigenvalue weighted by Crippen LogP contribution is -2.11. The fourth-order valence-electron chi connectivity index (χ4n) is 2.62. The van der Waals surface area contributed by atoms with E-state index in [0.717, 1.165) is 16.3 Å². The molecule has 2 nitrogen and oxygen atoms in total. The van der Waals surface area contributed by atoms with Gasteiger partial charge in [0.1, 0.15) is 5.78 Å². The Kier molecular flexibility index (Phi) is 2.71. The van der Waals surface area contributed by atoms with Gasteiger partial charge in [0.05, 0.1) is 0 Å². The molecule has 90 valence electrons. The highest BCUT2D eigenvalue weighted by Crippen LogP contribution is 2.27. The zero-order valence-corrected chi connectivity index (χ0v) is 10.1. The van der Waals surface area contributed by atoms with Gasteiger partial charge in [-0.05, 0) is 23.3 Å². The summed E-state index contributed by atoms with van der Waals surface area (Å²) in [5.41, 5.74) is 0.730. The lowest BCUT2D eigenvalue weighted by molar-refractivity contribution is -0.117. The van der Waals surface area contributed by atoms with Crippen LogP contribution in [0.1, 0.15) is 29.6 Å². The number of Topliss-reactive ketones (excluding diaryl/α,β-unsaturated/α-hetero) is 2. The van der Waals surface area contributed by atoms with E-state index >= 15 is 0 Å². The van der Waals surface area contributed by atoms with Gasteiger partial charge in [-0.2, -0.15) is 0 Å². The standard InChI is InChI=1S/C16H14O2/c17-15-8-7-14(10-15)16(18)13-6-5-11-3-1-2-4-12(11)9-13/h1-6,9,14H,7-8,10H2. The Balaban J connectivity index is 1.94. The number of carbonyl (C=O) groups excluding carboxylic acids is 2. The van der Waals surface area contributed by atoms with Crippen molar-refractivity contribution in [2.24, 2.45) is 5.92 Å². The fraction of sp³-hybridized carbons (Fsp3) is 0.250. The molecule has 0 spiro atoms. The van der Waals surface area contributed by atoms with E-state index in [1.807, 2.05) is 42.5 Å². The quantitative estimate of drug-likeness (QED) is 0.751. The Labute approximate surface area is 106 Å². The highest BCUT2D eigenvalue weighted by Gasteiger charge is 2.28. The molecule has 2 aromatic rings. The van der Waals surface area contributed by atoms with Crippen LogP contribution >= 0.6 is 0 Å². The van der Waals surface area contributed by atoms with E-state index in [2.05, 4.69) is 0 Å². The topological polar surface area (TPSA) is 34.1 Å². The van der Waals surface area contributed by atoms with Crippen molar-refractivity contribution < 1.29 is 9.59 Å². The summed E-state index contributed by atoms with van der Waals surface area (Å²) in [6, 6.07) is 13.8. The first kappa shape index (κ1) is 11.1. The van der Waals surface area contributed by atoms with Gasteiger partial charge in [-0.15, -0.1) is 0 Å². The van der Waals surface area contributed by atoms with E-state index in [4.69, 9.17) is 0 Å². The molecule has 1 atom stereocenters. The second-order valence-electron chi connectivity index (χ2n) is 4.90. The van der Waals surface area contributed by atoms with Gasteiger partial charge in [0.15, 0.2) is 5.78 Å². The van der Waals surface area contributed by atoms with Crippen molar-refractivity contribution in [1.82, 2.24) is 0 Å². The van der Waals surface area contributed by atoms with Crippen LogP contribution in [-0.2, 0) is 4.79 Å². The minimum atomic E-state index is -0.0985. The molecule has 1 aliphatic rings. The SMILES string of the molecule is O=C1CCC(C(=O)c2ccc3ccccc3c2)C1. The van der Waals surface area contributed by atoms with E-state index in [-0.39, 0.29) is 17.5 Å². The van der Waals surface area contributed by atoms with Crippen molar-refractivity contribution in [3.8, 4) is 0 Å². The molecule has 1 saturated carbocycles. The number of hydrogen-bond donors (Lipinski definition) is 0. The highest BCUT2D eigenvalue weighted by molar-refractivity contribution is 6.04. The molecular weight excluding hydrogens is 224 g/mol. The minimum Gasteiger partial charge on any atom is -0.300 e. The van der Waals surface area contributed by atoms with Crippen LogP contribution in [0.3, 0.4) is 0 Å². The van der Waals surface area contributed by atoms with Gasteiger partial charge in [0.25, 0.3) is 0 Å². The van der Waals surface area contributed by atoms with Crippen molar-refractivity contribution in [3.05, 3.63) is 48.0 Å². The molecule has 1 unspecified atom stereocenters. The zero-order valence-electron chi connectivity index (χ0n) is 10.1. The van der Waals surface area contributed by atoms with E-state index in [1.165, 1.54) is 0 Å². The Hall–Kier alpha value is -1.96. The maximum Gasteiger partial charge on any atom is 0.166 e. The summed E-state index contributed by atoms with van der Waals surface area (Å²) in [4.78, 5) is 23.5. The summed E-state index contributed by atoms with van der Waals surface area (Å²) >= 11 is 0. The number of hydrogen-bond acceptors (Lipinski definition) is 2. The number of ketones is 2. The van der Waals surface area contributed by atoms with Gasteiger partial charge in [-0.25, -0.2) is 0 Å². The second kappa shape index (κ2) is 4.37. The molecule has 0 aromatic heterocycles. The third-order valence-corrected chi connectivity index (χ3v) is 3.65. The molecule has 0 N–H and O–H groups in total. The fourth-order valence-corrected chi connectivity index (χ4v) is 2.62. The van der Waals surface area contributed by atoms with Gasteiger partial charge in [0.2, 0.25) is 0 Å². The van der Waals surface area contributed by atoms with Crippen molar-refractivity contribution in [2.75, 3.05) is 0 Å². The van der Waals surface area contributed by atoms with E-state index in [0.29, 0.717) is 19.3 Å². The molecule has 3 rings (SSSR count). The number of rotatable bonds is 2. The van der Waals surface area contributed by atoms with Crippen LogP contribution in [0.2, 0.25) is 0 Å². The molecule has 2 aromatic carbocycles. The normalized spacial score (nSPS) is 19.3. The van der Waals surface area contributed by atoms with Gasteiger partial charge >= 0.3 is 0 Å². The molecule has 1 aliphatic carbocycles. The highest BCUT2D eigenvalue weighted by atomic mass is 16.1. The van der Waals surface area contributed by atoms with Crippen LogP contribution in [0.4, 0.5) is 0 Å². The predicted octanol–water partition coefficient (Wildman–Crippen LogP) is 3.39. The van der Waals surface area contributed by atoms with E-state index < -0.39 is 0 Å². The lowest BCUT2D eigenvalue weighted by Gasteiger charge is -2.08. The first-order chi connectivity index (χ1) is 8.74. The third-order valence-electron chi connectivity index (χ3n) is 3.65. The maximum absolute atomic E-state index is 12.3. The van der Waals surface area contributed by atoms with Crippen molar-refractivity contribution in [1.29, 1.82) is 0 Å². The average molecular weight is 238 g/mol. The van der Waals surface area contributed by atoms with E-state index in [9.17, 15) is 9.59 Å². The summed E-state index contributed by atoms with van der Waals surface area (Å²) in [7, 11) is 0. The molecule has 0 saturated heterocycles. The smallest absolute Gasteiger partial charge is 0.166 e. The average Bonchev–Trinajstić information content (AvgIpc) is 2.84. The maximum atomic E-state index is 12.3. The van der Waals surface area contributed by atoms with Gasteiger partial charge in [0, 0.05) is 24.3 Å². The van der Waals surface area contributed by atoms with Crippen LogP contribution < -0.4 is 0 Å². The molecular formula is C16H14O2. The second-order valence-corrected chi connectivity index (χ2v) is 4.90. The van der Waals surface area contributed by atoms with Crippen LogP contribution in [0.15, 0.2) is 42.5 Å². The zero-order chi connectivity index (χ0) is 12.5. The summed E-state index contributed by atoms with van der Waals surface area (Å²) in [5.74, 6) is 0.236. The molecule has 0 amide bonds. The molecule has 0 aliphatic heterocycles. The van der Waals surface area contributed by atoms with Crippen molar-refractivity contribution >= 4 is 22.3 Å².